The fraction of sp³-hybridized carbons (Fsp3) is 0. The molecule has 0 bridgehead atoms. The molecule has 10 aromatic rings. The SMILES string of the molecule is O=P1(c2ccccc2)N(c2ccccc2)c2ccc(-c3ccc4cc(-c5ccc6c(c5)N(c5ccccc5)P(=O)(c5ccccc5)N6c5ccccc5)ccc4c3)cc2N1c1ccccc1. The first kappa shape index (κ1) is 39.7. The van der Waals surface area contributed by atoms with Gasteiger partial charge in [0.2, 0.25) is 0 Å². The summed E-state index contributed by atoms with van der Waals surface area (Å²) in [6.07, 6.45) is 0. The summed E-state index contributed by atoms with van der Waals surface area (Å²) in [6, 6.07) is 86.0. The number of benzene rings is 10. The standard InChI is InChI=1S/C58H42N4O2P2/c63-65(53-27-15-5-16-28-53)59(49-19-7-1-8-20-49)55-37-35-47(41-57(55)61(65)51-23-11-3-12-24-51)45-33-31-44-40-46(34-32-43(44)39-45)48-36-38-56-58(42-48)62(52-25-13-4-14-26-52)66(64,54-29-17-6-18-30-54)60(56)50-21-9-2-10-22-50/h1-42H. The number of anilines is 8. The second kappa shape index (κ2) is 16.0. The summed E-state index contributed by atoms with van der Waals surface area (Å²) in [6.45, 7) is 0. The van der Waals surface area contributed by atoms with E-state index < -0.39 is 14.9 Å². The highest BCUT2D eigenvalue weighted by molar-refractivity contribution is 7.76. The molecule has 0 saturated carbocycles. The molecule has 0 radical (unpaired) electrons. The van der Waals surface area contributed by atoms with Crippen LogP contribution in [0.4, 0.5) is 45.5 Å². The number of nitrogens with zero attached hydrogens (tertiary/aromatic N) is 4. The summed E-state index contributed by atoms with van der Waals surface area (Å²) in [4.78, 5) is 0. The molecule has 316 valence electrons. The van der Waals surface area contributed by atoms with E-state index in [4.69, 9.17) is 0 Å². The van der Waals surface area contributed by atoms with Crippen LogP contribution in [0.25, 0.3) is 33.0 Å². The van der Waals surface area contributed by atoms with E-state index in [-0.39, 0.29) is 0 Å². The van der Waals surface area contributed by atoms with Gasteiger partial charge >= 0.3 is 14.9 Å². The van der Waals surface area contributed by atoms with Crippen molar-refractivity contribution in [2.24, 2.45) is 0 Å². The van der Waals surface area contributed by atoms with Crippen LogP contribution in [0.3, 0.4) is 0 Å². The topological polar surface area (TPSA) is 47.1 Å². The van der Waals surface area contributed by atoms with Gasteiger partial charge in [-0.05, 0) is 142 Å². The third kappa shape index (κ3) is 6.33. The van der Waals surface area contributed by atoms with Gasteiger partial charge in [0.25, 0.3) is 0 Å². The Morgan fingerprint density at radius 3 is 0.818 bits per heavy atom. The van der Waals surface area contributed by atoms with E-state index in [1.54, 1.807) is 0 Å². The van der Waals surface area contributed by atoms with E-state index in [1.165, 1.54) is 0 Å². The molecule has 2 heterocycles. The molecule has 8 heteroatoms. The van der Waals surface area contributed by atoms with E-state index in [9.17, 15) is 0 Å². The lowest BCUT2D eigenvalue weighted by Crippen LogP contribution is -2.26. The number of fused-ring (bicyclic) bond motifs is 3. The zero-order valence-corrected chi connectivity index (χ0v) is 37.5. The van der Waals surface area contributed by atoms with Crippen molar-refractivity contribution in [1.82, 2.24) is 0 Å². The molecular weight excluding hydrogens is 847 g/mol. The van der Waals surface area contributed by atoms with E-state index in [1.807, 2.05) is 191 Å². The van der Waals surface area contributed by atoms with Crippen LogP contribution in [0.1, 0.15) is 0 Å². The van der Waals surface area contributed by atoms with Crippen molar-refractivity contribution in [3.8, 4) is 22.3 Å². The highest BCUT2D eigenvalue weighted by Crippen LogP contribution is 2.71. The molecule has 0 saturated heterocycles. The Morgan fingerprint density at radius 1 is 0.242 bits per heavy atom. The lowest BCUT2D eigenvalue weighted by molar-refractivity contribution is 0.581. The van der Waals surface area contributed by atoms with Crippen LogP contribution in [-0.4, -0.2) is 0 Å². The Kier molecular flexibility index (Phi) is 9.61. The molecule has 2 aliphatic rings. The fourth-order valence-electron chi connectivity index (χ4n) is 9.64. The normalized spacial score (nSPS) is 17.5. The van der Waals surface area contributed by atoms with Crippen molar-refractivity contribution in [3.05, 3.63) is 255 Å². The fourth-order valence-corrected chi connectivity index (χ4v) is 15.7. The highest BCUT2D eigenvalue weighted by atomic mass is 31.2. The van der Waals surface area contributed by atoms with Gasteiger partial charge in [-0.25, -0.2) is 0 Å². The van der Waals surface area contributed by atoms with E-state index >= 15 is 9.13 Å². The maximum absolute atomic E-state index is 16.1. The third-order valence-corrected chi connectivity index (χ3v) is 18.5. The van der Waals surface area contributed by atoms with E-state index in [0.717, 1.165) is 89.1 Å². The zero-order valence-electron chi connectivity index (χ0n) is 35.7. The van der Waals surface area contributed by atoms with Crippen LogP contribution < -0.4 is 29.3 Å². The molecule has 6 nitrogen and oxygen atoms in total. The van der Waals surface area contributed by atoms with Gasteiger partial charge in [0.05, 0.1) is 33.4 Å². The van der Waals surface area contributed by atoms with Crippen LogP contribution in [0.2, 0.25) is 0 Å². The summed E-state index contributed by atoms with van der Waals surface area (Å²) in [5, 5.41) is 3.72. The predicted octanol–water partition coefficient (Wildman–Crippen LogP) is 15.8. The maximum Gasteiger partial charge on any atom is 0.301 e. The quantitative estimate of drug-likeness (QED) is 0.142. The van der Waals surface area contributed by atoms with Gasteiger partial charge in [-0.3, -0.25) is 27.8 Å². The van der Waals surface area contributed by atoms with Crippen LogP contribution in [0, 0.1) is 0 Å². The van der Waals surface area contributed by atoms with Gasteiger partial charge in [-0.1, -0.05) is 146 Å². The summed E-state index contributed by atoms with van der Waals surface area (Å²) < 4.78 is 40.3. The average Bonchev–Trinajstić information content (AvgIpc) is 3.82. The van der Waals surface area contributed by atoms with Crippen LogP contribution in [0.15, 0.2) is 255 Å². The summed E-state index contributed by atoms with van der Waals surface area (Å²) in [5.74, 6) is 0. The van der Waals surface area contributed by atoms with Crippen molar-refractivity contribution < 1.29 is 9.13 Å². The molecule has 2 atom stereocenters. The van der Waals surface area contributed by atoms with Gasteiger partial charge in [0.15, 0.2) is 0 Å². The van der Waals surface area contributed by atoms with Gasteiger partial charge < -0.3 is 0 Å². The van der Waals surface area contributed by atoms with Gasteiger partial charge in [0, 0.05) is 22.7 Å². The van der Waals surface area contributed by atoms with Crippen LogP contribution in [-0.2, 0) is 9.13 Å². The minimum Gasteiger partial charge on any atom is -0.270 e. The third-order valence-electron chi connectivity index (χ3n) is 12.6. The molecule has 0 aliphatic carbocycles. The second-order valence-corrected chi connectivity index (χ2v) is 21.3. The monoisotopic (exact) mass is 888 g/mol. The molecule has 0 spiro atoms. The second-order valence-electron chi connectivity index (χ2n) is 16.5. The van der Waals surface area contributed by atoms with E-state index in [2.05, 4.69) is 82.1 Å². The molecule has 10 aromatic carbocycles. The van der Waals surface area contributed by atoms with Crippen molar-refractivity contribution in [3.63, 3.8) is 0 Å². The van der Waals surface area contributed by atoms with Crippen LogP contribution in [0.5, 0.6) is 0 Å². The van der Waals surface area contributed by atoms with Crippen molar-refractivity contribution >= 4 is 81.8 Å². The van der Waals surface area contributed by atoms with E-state index in [0.29, 0.717) is 0 Å². The smallest absolute Gasteiger partial charge is 0.270 e. The number of hydrogen-bond donors (Lipinski definition) is 0. The first-order valence-corrected chi connectivity index (χ1v) is 25.3. The first-order valence-electron chi connectivity index (χ1n) is 22.1. The van der Waals surface area contributed by atoms with Gasteiger partial charge in [0.1, 0.15) is 0 Å². The Bertz CT molecular complexity index is 3270. The van der Waals surface area contributed by atoms with Crippen molar-refractivity contribution in [2.45, 2.75) is 0 Å². The Morgan fingerprint density at radius 2 is 0.500 bits per heavy atom. The molecule has 12 rings (SSSR count). The predicted molar refractivity (Wildman–Crippen MR) is 277 cm³/mol. The maximum atomic E-state index is 16.1. The molecular formula is C58H42N4O2P2. The summed E-state index contributed by atoms with van der Waals surface area (Å²) in [7, 11) is -6.96. The molecule has 0 amide bonds. The number of rotatable bonds is 8. The Labute approximate surface area is 384 Å². The zero-order chi connectivity index (χ0) is 44.2. The summed E-state index contributed by atoms with van der Waals surface area (Å²) in [5.41, 5.74) is 11.2. The largest absolute Gasteiger partial charge is 0.301 e. The average molecular weight is 889 g/mol. The van der Waals surface area contributed by atoms with Gasteiger partial charge in [-0.15, -0.1) is 0 Å². The molecule has 66 heavy (non-hydrogen) atoms. The Balaban J connectivity index is 0.951. The molecule has 0 N–H and O–H groups in total. The lowest BCUT2D eigenvalue weighted by atomic mass is 9.97. The Hall–Kier alpha value is -7.88. The number of hydrogen-bond acceptors (Lipinski definition) is 2. The minimum atomic E-state index is -3.48. The molecule has 2 aliphatic heterocycles. The van der Waals surface area contributed by atoms with Gasteiger partial charge in [-0.2, -0.15) is 0 Å². The molecule has 2 unspecified atom stereocenters. The summed E-state index contributed by atoms with van der Waals surface area (Å²) >= 11 is 0. The highest BCUT2D eigenvalue weighted by Gasteiger charge is 2.50. The molecule has 0 fully saturated rings. The first-order chi connectivity index (χ1) is 32.5. The minimum absolute atomic E-state index is 0.756. The van der Waals surface area contributed by atoms with Crippen molar-refractivity contribution in [1.29, 1.82) is 0 Å². The van der Waals surface area contributed by atoms with Crippen molar-refractivity contribution in [2.75, 3.05) is 18.7 Å². The molecule has 0 aromatic heterocycles. The lowest BCUT2D eigenvalue weighted by Gasteiger charge is -2.33. The number of para-hydroxylation sites is 4. The van der Waals surface area contributed by atoms with Crippen LogP contribution >= 0.6 is 14.9 Å².